The lowest BCUT2D eigenvalue weighted by Crippen LogP contribution is -2.47. The highest BCUT2D eigenvalue weighted by Gasteiger charge is 2.22. The molecule has 0 bridgehead atoms. The Morgan fingerprint density at radius 1 is 1.04 bits per heavy atom. The van der Waals surface area contributed by atoms with E-state index >= 15 is 0 Å². The van der Waals surface area contributed by atoms with Crippen LogP contribution in [0, 0.1) is 0 Å². The van der Waals surface area contributed by atoms with Gasteiger partial charge in [0.15, 0.2) is 0 Å². The average Bonchev–Trinajstić information content (AvgIpc) is 2.63. The number of anilines is 1. The molecule has 1 fully saturated rings. The summed E-state index contributed by atoms with van der Waals surface area (Å²) in [4.78, 5) is 33.0. The Bertz CT molecular complexity index is 725. The first-order chi connectivity index (χ1) is 11.6. The molecular formula is C18H20N4O2. The second-order valence-corrected chi connectivity index (χ2v) is 5.85. The first kappa shape index (κ1) is 16.1. The van der Waals surface area contributed by atoms with Crippen LogP contribution in [0.2, 0.25) is 0 Å². The van der Waals surface area contributed by atoms with E-state index in [1.807, 2.05) is 37.4 Å². The molecule has 1 aromatic carbocycles. The number of likely N-dealkylation sites (N-methyl/N-ethyl adjacent to an activating group) is 1. The van der Waals surface area contributed by atoms with Crippen LogP contribution in [0.3, 0.4) is 0 Å². The van der Waals surface area contributed by atoms with Gasteiger partial charge in [-0.25, -0.2) is 0 Å². The van der Waals surface area contributed by atoms with Crippen molar-refractivity contribution in [3.63, 3.8) is 0 Å². The third kappa shape index (κ3) is 3.78. The predicted molar refractivity (Wildman–Crippen MR) is 92.0 cm³/mol. The van der Waals surface area contributed by atoms with Crippen LogP contribution in [0.4, 0.5) is 5.69 Å². The molecule has 2 aromatic rings. The van der Waals surface area contributed by atoms with E-state index in [9.17, 15) is 9.59 Å². The van der Waals surface area contributed by atoms with Crippen LogP contribution >= 0.6 is 0 Å². The number of aromatic nitrogens is 1. The first-order valence-electron chi connectivity index (χ1n) is 7.94. The quantitative estimate of drug-likeness (QED) is 0.934. The highest BCUT2D eigenvalue weighted by molar-refractivity contribution is 6.05. The normalized spacial score (nSPS) is 15.1. The molecule has 1 aliphatic heterocycles. The van der Waals surface area contributed by atoms with E-state index in [4.69, 9.17) is 0 Å². The van der Waals surface area contributed by atoms with Gasteiger partial charge in [0.05, 0.1) is 0 Å². The number of amides is 2. The van der Waals surface area contributed by atoms with Crippen LogP contribution in [-0.2, 0) is 0 Å². The molecule has 1 aromatic heterocycles. The van der Waals surface area contributed by atoms with Crippen LogP contribution in [0.5, 0.6) is 0 Å². The molecule has 1 aliphatic rings. The molecule has 2 heterocycles. The second-order valence-electron chi connectivity index (χ2n) is 5.85. The largest absolute Gasteiger partial charge is 0.335 e. The third-order valence-electron chi connectivity index (χ3n) is 4.06. The number of rotatable bonds is 3. The Labute approximate surface area is 141 Å². The highest BCUT2D eigenvalue weighted by atomic mass is 16.2. The van der Waals surface area contributed by atoms with Crippen molar-refractivity contribution in [2.45, 2.75) is 0 Å². The van der Waals surface area contributed by atoms with E-state index in [0.717, 1.165) is 13.1 Å². The van der Waals surface area contributed by atoms with Gasteiger partial charge < -0.3 is 15.1 Å². The van der Waals surface area contributed by atoms with Crippen molar-refractivity contribution in [2.75, 3.05) is 38.5 Å². The van der Waals surface area contributed by atoms with E-state index in [-0.39, 0.29) is 11.8 Å². The summed E-state index contributed by atoms with van der Waals surface area (Å²) in [5.41, 5.74) is 1.44. The lowest BCUT2D eigenvalue weighted by molar-refractivity contribution is 0.0658. The molecule has 0 unspecified atom stereocenters. The minimum atomic E-state index is -0.254. The molecular weight excluding hydrogens is 304 g/mol. The molecule has 0 aliphatic carbocycles. The fourth-order valence-corrected chi connectivity index (χ4v) is 2.59. The molecule has 0 atom stereocenters. The molecule has 24 heavy (non-hydrogen) atoms. The number of nitrogens with zero attached hydrogens (tertiary/aromatic N) is 3. The standard InChI is InChI=1S/C18H20N4O2/c1-21-9-11-22(12-10-21)18(24)16-13-14(7-8-19-16)17(23)20-15-5-3-2-4-6-15/h2-8,13H,9-12H2,1H3,(H,20,23). The highest BCUT2D eigenvalue weighted by Crippen LogP contribution is 2.11. The number of para-hydroxylation sites is 1. The minimum absolute atomic E-state index is 0.127. The SMILES string of the molecule is CN1CCN(C(=O)c2cc(C(=O)Nc3ccccc3)ccn2)CC1. The first-order valence-corrected chi connectivity index (χ1v) is 7.94. The van der Waals surface area contributed by atoms with Crippen molar-refractivity contribution >= 4 is 17.5 Å². The molecule has 0 spiro atoms. The maximum absolute atomic E-state index is 12.6. The zero-order valence-corrected chi connectivity index (χ0v) is 13.6. The van der Waals surface area contributed by atoms with E-state index < -0.39 is 0 Å². The van der Waals surface area contributed by atoms with Gasteiger partial charge in [-0.3, -0.25) is 14.6 Å². The Kier molecular flexibility index (Phi) is 4.86. The van der Waals surface area contributed by atoms with E-state index in [2.05, 4.69) is 15.2 Å². The lowest BCUT2D eigenvalue weighted by Gasteiger charge is -2.32. The lowest BCUT2D eigenvalue weighted by atomic mass is 10.2. The summed E-state index contributed by atoms with van der Waals surface area (Å²) in [5, 5.41) is 2.81. The Balaban J connectivity index is 1.71. The summed E-state index contributed by atoms with van der Waals surface area (Å²) in [7, 11) is 2.04. The number of hydrogen-bond donors (Lipinski definition) is 1. The number of pyridine rings is 1. The van der Waals surface area contributed by atoms with Crippen molar-refractivity contribution in [3.8, 4) is 0 Å². The molecule has 2 amide bonds. The summed E-state index contributed by atoms with van der Waals surface area (Å²) in [6.45, 7) is 3.05. The molecule has 3 rings (SSSR count). The van der Waals surface area contributed by atoms with Gasteiger partial charge in [0.2, 0.25) is 0 Å². The fourth-order valence-electron chi connectivity index (χ4n) is 2.59. The maximum Gasteiger partial charge on any atom is 0.272 e. The number of carbonyl (C=O) groups excluding carboxylic acids is 2. The number of piperazine rings is 1. The topological polar surface area (TPSA) is 65.5 Å². The van der Waals surface area contributed by atoms with E-state index in [1.165, 1.54) is 6.20 Å². The van der Waals surface area contributed by atoms with Crippen LogP contribution < -0.4 is 5.32 Å². The van der Waals surface area contributed by atoms with Crippen molar-refractivity contribution in [1.29, 1.82) is 0 Å². The van der Waals surface area contributed by atoms with Crippen molar-refractivity contribution < 1.29 is 9.59 Å². The monoisotopic (exact) mass is 324 g/mol. The predicted octanol–water partition coefficient (Wildman–Crippen LogP) is 1.72. The number of carbonyl (C=O) groups is 2. The van der Waals surface area contributed by atoms with Gasteiger partial charge in [-0.1, -0.05) is 18.2 Å². The van der Waals surface area contributed by atoms with Crippen molar-refractivity contribution in [1.82, 2.24) is 14.8 Å². The van der Waals surface area contributed by atoms with E-state index in [0.29, 0.717) is 30.0 Å². The van der Waals surface area contributed by atoms with Gasteiger partial charge in [-0.05, 0) is 31.3 Å². The smallest absolute Gasteiger partial charge is 0.272 e. The molecule has 1 N–H and O–H groups in total. The zero-order valence-electron chi connectivity index (χ0n) is 13.6. The van der Waals surface area contributed by atoms with Gasteiger partial charge in [0, 0.05) is 43.6 Å². The Morgan fingerprint density at radius 3 is 2.46 bits per heavy atom. The summed E-state index contributed by atoms with van der Waals surface area (Å²) >= 11 is 0. The van der Waals surface area contributed by atoms with Gasteiger partial charge >= 0.3 is 0 Å². The van der Waals surface area contributed by atoms with Crippen LogP contribution in [0.1, 0.15) is 20.8 Å². The minimum Gasteiger partial charge on any atom is -0.335 e. The van der Waals surface area contributed by atoms with Gasteiger partial charge in [-0.2, -0.15) is 0 Å². The van der Waals surface area contributed by atoms with Crippen LogP contribution in [0.15, 0.2) is 48.7 Å². The summed E-state index contributed by atoms with van der Waals surface area (Å²) in [6.07, 6.45) is 1.50. The summed E-state index contributed by atoms with van der Waals surface area (Å²) < 4.78 is 0. The molecule has 124 valence electrons. The zero-order chi connectivity index (χ0) is 16.9. The van der Waals surface area contributed by atoms with Gasteiger partial charge in [0.25, 0.3) is 11.8 Å². The number of hydrogen-bond acceptors (Lipinski definition) is 4. The Hall–Kier alpha value is -2.73. The summed E-state index contributed by atoms with van der Waals surface area (Å²) in [6, 6.07) is 12.4. The molecule has 0 saturated carbocycles. The molecule has 6 nitrogen and oxygen atoms in total. The van der Waals surface area contributed by atoms with Crippen LogP contribution in [0.25, 0.3) is 0 Å². The summed E-state index contributed by atoms with van der Waals surface area (Å²) in [5.74, 6) is -0.381. The average molecular weight is 324 g/mol. The van der Waals surface area contributed by atoms with Crippen molar-refractivity contribution in [2.24, 2.45) is 0 Å². The second kappa shape index (κ2) is 7.23. The van der Waals surface area contributed by atoms with Gasteiger partial charge in [-0.15, -0.1) is 0 Å². The number of benzene rings is 1. The molecule has 1 saturated heterocycles. The van der Waals surface area contributed by atoms with Gasteiger partial charge in [0.1, 0.15) is 5.69 Å². The van der Waals surface area contributed by atoms with E-state index in [1.54, 1.807) is 17.0 Å². The maximum atomic E-state index is 12.6. The van der Waals surface area contributed by atoms with Crippen LogP contribution in [-0.4, -0.2) is 59.8 Å². The molecule has 6 heteroatoms. The Morgan fingerprint density at radius 2 is 1.75 bits per heavy atom. The fraction of sp³-hybridized carbons (Fsp3) is 0.278. The molecule has 0 radical (unpaired) electrons. The van der Waals surface area contributed by atoms with Crippen molar-refractivity contribution in [3.05, 3.63) is 59.9 Å². The number of nitrogens with one attached hydrogen (secondary N) is 1. The third-order valence-corrected chi connectivity index (χ3v) is 4.06.